The molecule has 2 rings (SSSR count). The van der Waals surface area contributed by atoms with Gasteiger partial charge in [0.2, 0.25) is 0 Å². The van der Waals surface area contributed by atoms with Gasteiger partial charge in [0.05, 0.1) is 16.8 Å². The molecule has 0 fully saturated rings. The summed E-state index contributed by atoms with van der Waals surface area (Å²) < 4.78 is 0. The molecule has 0 unspecified atom stereocenters. The van der Waals surface area contributed by atoms with Crippen molar-refractivity contribution in [2.24, 2.45) is 0 Å². The molecule has 0 saturated heterocycles. The number of para-hydroxylation sites is 1. The summed E-state index contributed by atoms with van der Waals surface area (Å²) in [5.74, 6) is 0. The van der Waals surface area contributed by atoms with Crippen LogP contribution in [0.1, 0.15) is 19.4 Å². The van der Waals surface area contributed by atoms with E-state index in [2.05, 4.69) is 35.5 Å². The van der Waals surface area contributed by atoms with E-state index >= 15 is 0 Å². The maximum atomic E-state index is 9.18. The predicted molar refractivity (Wildman–Crippen MR) is 78.1 cm³/mol. The summed E-state index contributed by atoms with van der Waals surface area (Å²) in [6.07, 6.45) is 1.63. The first kappa shape index (κ1) is 13.3. The molecule has 0 saturated carbocycles. The number of nitrogens with zero attached hydrogens (tertiary/aromatic N) is 2. The smallest absolute Gasteiger partial charge is 0.103 e. The fourth-order valence-electron chi connectivity index (χ4n) is 1.96. The first-order valence-electron chi connectivity index (χ1n) is 6.47. The van der Waals surface area contributed by atoms with E-state index in [1.165, 1.54) is 0 Å². The molecule has 1 heterocycles. The SMILES string of the molecule is CC(C)NCCNc1c(C#N)cnc2ccccc12. The first-order chi connectivity index (χ1) is 9.22. The lowest BCUT2D eigenvalue weighted by molar-refractivity contribution is 0.602. The highest BCUT2D eigenvalue weighted by atomic mass is 15.0. The van der Waals surface area contributed by atoms with E-state index in [1.54, 1.807) is 6.20 Å². The van der Waals surface area contributed by atoms with Crippen LogP contribution < -0.4 is 10.6 Å². The monoisotopic (exact) mass is 254 g/mol. The number of hydrogen-bond acceptors (Lipinski definition) is 4. The molecule has 1 aromatic carbocycles. The van der Waals surface area contributed by atoms with Gasteiger partial charge in [0, 0.05) is 30.7 Å². The van der Waals surface area contributed by atoms with Crippen molar-refractivity contribution in [1.29, 1.82) is 5.26 Å². The number of benzene rings is 1. The Morgan fingerprint density at radius 1 is 1.26 bits per heavy atom. The van der Waals surface area contributed by atoms with Gasteiger partial charge >= 0.3 is 0 Å². The molecule has 0 radical (unpaired) electrons. The highest BCUT2D eigenvalue weighted by Gasteiger charge is 2.07. The number of aromatic nitrogens is 1. The van der Waals surface area contributed by atoms with Crippen molar-refractivity contribution in [3.63, 3.8) is 0 Å². The van der Waals surface area contributed by atoms with E-state index in [9.17, 15) is 5.26 Å². The minimum Gasteiger partial charge on any atom is -0.382 e. The molecule has 0 aliphatic rings. The average molecular weight is 254 g/mol. The van der Waals surface area contributed by atoms with Gasteiger partial charge in [0.25, 0.3) is 0 Å². The van der Waals surface area contributed by atoms with Crippen molar-refractivity contribution >= 4 is 16.6 Å². The number of pyridine rings is 1. The van der Waals surface area contributed by atoms with E-state index in [0.29, 0.717) is 11.6 Å². The zero-order valence-corrected chi connectivity index (χ0v) is 11.3. The largest absolute Gasteiger partial charge is 0.382 e. The summed E-state index contributed by atoms with van der Waals surface area (Å²) in [7, 11) is 0. The van der Waals surface area contributed by atoms with Crippen molar-refractivity contribution in [2.45, 2.75) is 19.9 Å². The van der Waals surface area contributed by atoms with Crippen molar-refractivity contribution in [3.8, 4) is 6.07 Å². The third kappa shape index (κ3) is 3.21. The highest BCUT2D eigenvalue weighted by Crippen LogP contribution is 2.24. The number of fused-ring (bicyclic) bond motifs is 1. The van der Waals surface area contributed by atoms with Crippen molar-refractivity contribution < 1.29 is 0 Å². The lowest BCUT2D eigenvalue weighted by Gasteiger charge is -2.13. The third-order valence-electron chi connectivity index (χ3n) is 2.88. The van der Waals surface area contributed by atoms with Gasteiger partial charge in [-0.1, -0.05) is 32.0 Å². The number of rotatable bonds is 5. The van der Waals surface area contributed by atoms with Crippen molar-refractivity contribution in [2.75, 3.05) is 18.4 Å². The highest BCUT2D eigenvalue weighted by molar-refractivity contribution is 5.93. The first-order valence-corrected chi connectivity index (χ1v) is 6.47. The summed E-state index contributed by atoms with van der Waals surface area (Å²) >= 11 is 0. The van der Waals surface area contributed by atoms with Crippen LogP contribution >= 0.6 is 0 Å². The Balaban J connectivity index is 2.22. The Morgan fingerprint density at radius 2 is 2.05 bits per heavy atom. The predicted octanol–water partition coefficient (Wildman–Crippen LogP) is 2.52. The Bertz CT molecular complexity index is 599. The van der Waals surface area contributed by atoms with Crippen LogP contribution in [0.2, 0.25) is 0 Å². The van der Waals surface area contributed by atoms with E-state index < -0.39 is 0 Å². The summed E-state index contributed by atoms with van der Waals surface area (Å²) in [5.41, 5.74) is 2.36. The summed E-state index contributed by atoms with van der Waals surface area (Å²) in [5, 5.41) is 16.8. The van der Waals surface area contributed by atoms with Crippen LogP contribution in [0.5, 0.6) is 0 Å². The van der Waals surface area contributed by atoms with Gasteiger partial charge in [-0.3, -0.25) is 4.98 Å². The molecule has 0 bridgehead atoms. The van der Waals surface area contributed by atoms with E-state index in [4.69, 9.17) is 0 Å². The van der Waals surface area contributed by atoms with Gasteiger partial charge in [0.15, 0.2) is 0 Å². The second-order valence-electron chi connectivity index (χ2n) is 4.71. The Hall–Kier alpha value is -2.12. The Morgan fingerprint density at radius 3 is 2.79 bits per heavy atom. The molecule has 19 heavy (non-hydrogen) atoms. The molecule has 2 aromatic rings. The number of hydrogen-bond donors (Lipinski definition) is 2. The van der Waals surface area contributed by atoms with Gasteiger partial charge in [-0.2, -0.15) is 5.26 Å². The lowest BCUT2D eigenvalue weighted by Crippen LogP contribution is -2.28. The standard InChI is InChI=1S/C15H18N4/c1-11(2)17-7-8-18-15-12(9-16)10-19-14-6-4-3-5-13(14)15/h3-6,10-11,17H,7-8H2,1-2H3,(H,18,19). The van der Waals surface area contributed by atoms with E-state index in [0.717, 1.165) is 29.7 Å². The van der Waals surface area contributed by atoms with Crippen LogP contribution in [0.15, 0.2) is 30.5 Å². The fraction of sp³-hybridized carbons (Fsp3) is 0.333. The summed E-state index contributed by atoms with van der Waals surface area (Å²) in [6, 6.07) is 10.5. The molecule has 0 aliphatic carbocycles. The maximum Gasteiger partial charge on any atom is 0.103 e. The Kier molecular flexibility index (Phi) is 4.32. The molecule has 0 aliphatic heterocycles. The normalized spacial score (nSPS) is 10.6. The van der Waals surface area contributed by atoms with Crippen LogP contribution in [0, 0.1) is 11.3 Å². The molecule has 0 amide bonds. The fourth-order valence-corrected chi connectivity index (χ4v) is 1.96. The molecule has 4 heteroatoms. The van der Waals surface area contributed by atoms with Crippen molar-refractivity contribution in [3.05, 3.63) is 36.0 Å². The van der Waals surface area contributed by atoms with Crippen LogP contribution in [0.4, 0.5) is 5.69 Å². The molecule has 2 N–H and O–H groups in total. The molecule has 98 valence electrons. The van der Waals surface area contributed by atoms with Gasteiger partial charge in [0.1, 0.15) is 6.07 Å². The van der Waals surface area contributed by atoms with Gasteiger partial charge in [-0.05, 0) is 6.07 Å². The minimum absolute atomic E-state index is 0.464. The maximum absolute atomic E-state index is 9.18. The zero-order chi connectivity index (χ0) is 13.7. The number of anilines is 1. The second-order valence-corrected chi connectivity index (χ2v) is 4.71. The average Bonchev–Trinajstić information content (AvgIpc) is 2.43. The van der Waals surface area contributed by atoms with Crippen LogP contribution in [-0.4, -0.2) is 24.1 Å². The molecule has 0 spiro atoms. The van der Waals surface area contributed by atoms with Gasteiger partial charge in [-0.15, -0.1) is 0 Å². The van der Waals surface area contributed by atoms with Crippen LogP contribution in [0.25, 0.3) is 10.9 Å². The third-order valence-corrected chi connectivity index (χ3v) is 2.88. The van der Waals surface area contributed by atoms with Crippen LogP contribution in [-0.2, 0) is 0 Å². The van der Waals surface area contributed by atoms with Crippen molar-refractivity contribution in [1.82, 2.24) is 10.3 Å². The number of nitriles is 1. The summed E-state index contributed by atoms with van der Waals surface area (Å²) in [6.45, 7) is 5.87. The molecule has 0 atom stereocenters. The minimum atomic E-state index is 0.464. The zero-order valence-electron chi connectivity index (χ0n) is 11.3. The van der Waals surface area contributed by atoms with Gasteiger partial charge in [-0.25, -0.2) is 0 Å². The summed E-state index contributed by atoms with van der Waals surface area (Å²) in [4.78, 5) is 4.29. The topological polar surface area (TPSA) is 60.7 Å². The lowest BCUT2D eigenvalue weighted by atomic mass is 10.1. The molecular weight excluding hydrogens is 236 g/mol. The molecule has 4 nitrogen and oxygen atoms in total. The quantitative estimate of drug-likeness (QED) is 0.805. The molecule has 1 aromatic heterocycles. The van der Waals surface area contributed by atoms with Crippen LogP contribution in [0.3, 0.4) is 0 Å². The molecular formula is C15H18N4. The Labute approximate surface area is 113 Å². The number of nitrogens with one attached hydrogen (secondary N) is 2. The van der Waals surface area contributed by atoms with E-state index in [-0.39, 0.29) is 0 Å². The van der Waals surface area contributed by atoms with Gasteiger partial charge < -0.3 is 10.6 Å². The second kappa shape index (κ2) is 6.17. The van der Waals surface area contributed by atoms with E-state index in [1.807, 2.05) is 24.3 Å².